The minimum atomic E-state index is 0. The molecule has 0 bridgehead atoms. The Kier molecular flexibility index (Phi) is 8.10. The topological polar surface area (TPSA) is 48.0 Å². The zero-order valence-corrected chi connectivity index (χ0v) is 24.5. The van der Waals surface area contributed by atoms with E-state index in [0.717, 1.165) is 68.8 Å². The third-order valence-electron chi connectivity index (χ3n) is 8.42. The Bertz CT molecular complexity index is 1540. The molecule has 3 heterocycles. The van der Waals surface area contributed by atoms with Gasteiger partial charge in [0.05, 0.1) is 29.3 Å². The number of fused-ring (bicyclic) bond motifs is 3. The summed E-state index contributed by atoms with van der Waals surface area (Å²) < 4.78 is 0. The van der Waals surface area contributed by atoms with Crippen LogP contribution in [0.2, 0.25) is 0 Å². The van der Waals surface area contributed by atoms with Gasteiger partial charge >= 0.3 is 0 Å². The van der Waals surface area contributed by atoms with Crippen LogP contribution in [-0.4, -0.2) is 31.3 Å². The highest BCUT2D eigenvalue weighted by Crippen LogP contribution is 2.35. The number of aromatic nitrogens is 3. The second kappa shape index (κ2) is 12.0. The first-order valence-corrected chi connectivity index (χ1v) is 14.3. The summed E-state index contributed by atoms with van der Waals surface area (Å²) in [6.07, 6.45) is 6.52. The van der Waals surface area contributed by atoms with Crippen LogP contribution in [0, 0.1) is 0 Å². The number of hydrogen-bond acceptors (Lipinski definition) is 4. The van der Waals surface area contributed by atoms with E-state index in [-0.39, 0.29) is 23.0 Å². The van der Waals surface area contributed by atoms with Crippen molar-refractivity contribution in [3.05, 3.63) is 130 Å². The molecule has 2 aliphatic rings. The van der Waals surface area contributed by atoms with Crippen molar-refractivity contribution < 1.29 is 0 Å². The highest BCUT2D eigenvalue weighted by atomic mass is 79.9. The van der Waals surface area contributed by atoms with Crippen LogP contribution in [0.1, 0.15) is 58.2 Å². The fourth-order valence-electron chi connectivity index (χ4n) is 6.42. The minimum absolute atomic E-state index is 0. The molecular formula is C34H36BrN5. The Balaban J connectivity index is 0.00000289. The van der Waals surface area contributed by atoms with Crippen LogP contribution >= 0.6 is 17.0 Å². The van der Waals surface area contributed by atoms with E-state index in [1.54, 1.807) is 0 Å². The summed E-state index contributed by atoms with van der Waals surface area (Å²) in [7, 11) is 0. The fourth-order valence-corrected chi connectivity index (χ4v) is 6.42. The van der Waals surface area contributed by atoms with Crippen LogP contribution in [0.5, 0.6) is 0 Å². The fraction of sp³-hybridized carbons (Fsp3) is 0.294. The van der Waals surface area contributed by atoms with Gasteiger partial charge in [-0.05, 0) is 71.7 Å². The third-order valence-corrected chi connectivity index (χ3v) is 8.42. The second-order valence-electron chi connectivity index (χ2n) is 11.1. The summed E-state index contributed by atoms with van der Waals surface area (Å²) in [6, 6.07) is 31.1. The molecule has 40 heavy (non-hydrogen) atoms. The number of nitrogens with one attached hydrogen (secondary N) is 1. The average Bonchev–Trinajstić information content (AvgIpc) is 3.40. The zero-order chi connectivity index (χ0) is 26.0. The van der Waals surface area contributed by atoms with Crippen LogP contribution in [0.15, 0.2) is 91.1 Å². The van der Waals surface area contributed by atoms with Crippen molar-refractivity contribution in [3.63, 3.8) is 0 Å². The van der Waals surface area contributed by atoms with E-state index in [0.29, 0.717) is 0 Å². The molecule has 204 valence electrons. The van der Waals surface area contributed by atoms with E-state index < -0.39 is 0 Å². The molecule has 0 fully saturated rings. The lowest BCUT2D eigenvalue weighted by molar-refractivity contribution is 0.153. The summed E-state index contributed by atoms with van der Waals surface area (Å²) in [4.78, 5) is 18.5. The third kappa shape index (κ3) is 5.75. The molecule has 1 aliphatic carbocycles. The normalized spacial score (nSPS) is 16.9. The molecule has 2 aromatic heterocycles. The van der Waals surface area contributed by atoms with Gasteiger partial charge in [-0.1, -0.05) is 66.7 Å². The van der Waals surface area contributed by atoms with E-state index in [1.807, 2.05) is 6.20 Å². The first-order chi connectivity index (χ1) is 19.3. The Morgan fingerprint density at radius 1 is 0.800 bits per heavy atom. The Morgan fingerprint density at radius 3 is 2.45 bits per heavy atom. The second-order valence-corrected chi connectivity index (χ2v) is 11.1. The van der Waals surface area contributed by atoms with Crippen molar-refractivity contribution in [2.45, 2.75) is 57.9 Å². The van der Waals surface area contributed by atoms with Gasteiger partial charge in [0, 0.05) is 32.4 Å². The van der Waals surface area contributed by atoms with Crippen molar-refractivity contribution in [1.29, 1.82) is 0 Å². The lowest BCUT2D eigenvalue weighted by atomic mass is 9.90. The van der Waals surface area contributed by atoms with Crippen molar-refractivity contribution in [2.24, 2.45) is 0 Å². The molecule has 5 nitrogen and oxygen atoms in total. The summed E-state index contributed by atoms with van der Waals surface area (Å²) >= 11 is 0. The summed E-state index contributed by atoms with van der Waals surface area (Å²) in [6.45, 7) is 4.80. The number of para-hydroxylation sites is 2. The lowest BCUT2D eigenvalue weighted by Gasteiger charge is -2.34. The average molecular weight is 595 g/mol. The van der Waals surface area contributed by atoms with Gasteiger partial charge < -0.3 is 4.98 Å². The molecule has 1 N–H and O–H groups in total. The number of halogens is 1. The summed E-state index contributed by atoms with van der Waals surface area (Å²) in [5.74, 6) is 1.02. The molecule has 0 spiro atoms. The van der Waals surface area contributed by atoms with Crippen LogP contribution in [0.3, 0.4) is 0 Å². The van der Waals surface area contributed by atoms with Gasteiger partial charge in [0.1, 0.15) is 5.82 Å². The molecule has 0 amide bonds. The van der Waals surface area contributed by atoms with E-state index in [1.165, 1.54) is 39.9 Å². The van der Waals surface area contributed by atoms with Gasteiger partial charge in [0.25, 0.3) is 0 Å². The maximum Gasteiger partial charge on any atom is 0.121 e. The molecule has 7 rings (SSSR count). The number of benzene rings is 3. The number of H-pyrrole nitrogens is 1. The number of rotatable bonds is 7. The molecule has 1 atom stereocenters. The molecule has 1 unspecified atom stereocenters. The monoisotopic (exact) mass is 593 g/mol. The number of hydrogen-bond donors (Lipinski definition) is 1. The van der Waals surface area contributed by atoms with Crippen LogP contribution < -0.4 is 0 Å². The van der Waals surface area contributed by atoms with Crippen molar-refractivity contribution in [3.8, 4) is 0 Å². The molecule has 6 heteroatoms. The van der Waals surface area contributed by atoms with Gasteiger partial charge in [-0.25, -0.2) is 4.98 Å². The summed E-state index contributed by atoms with van der Waals surface area (Å²) in [5, 5.41) is 0. The maximum absolute atomic E-state index is 4.92. The number of aryl methyl sites for hydroxylation is 1. The van der Waals surface area contributed by atoms with E-state index in [4.69, 9.17) is 9.97 Å². The minimum Gasteiger partial charge on any atom is -0.341 e. The van der Waals surface area contributed by atoms with Crippen molar-refractivity contribution >= 4 is 28.0 Å². The largest absolute Gasteiger partial charge is 0.341 e. The first-order valence-electron chi connectivity index (χ1n) is 14.3. The lowest BCUT2D eigenvalue weighted by Crippen LogP contribution is -2.32. The van der Waals surface area contributed by atoms with E-state index in [9.17, 15) is 0 Å². The number of nitrogens with zero attached hydrogens (tertiary/aromatic N) is 4. The molecule has 0 saturated heterocycles. The van der Waals surface area contributed by atoms with Gasteiger partial charge in [-0.3, -0.25) is 14.8 Å². The SMILES string of the molecule is Br.c1ccc2c(c1)CCN(Cc1ccc(CN(Cc3nc4ccccc4[nH]3)C3CCCc4cccnc43)cc1)C2. The predicted octanol–water partition coefficient (Wildman–Crippen LogP) is 7.17. The Hall–Kier alpha value is -3.32. The van der Waals surface area contributed by atoms with Crippen molar-refractivity contribution in [2.75, 3.05) is 6.54 Å². The van der Waals surface area contributed by atoms with Gasteiger partial charge in [0.15, 0.2) is 0 Å². The standard InChI is InChI=1S/C34H35N5.BrH/c1-2-8-29-23-38(20-18-27(29)7-1)21-25-14-16-26(17-15-25)22-39(24-33-36-30-11-3-4-12-31(30)37-33)32-13-5-9-28-10-6-19-35-34(28)32;/h1-4,6-8,10-12,14-17,19,32H,5,9,13,18,20-24H2,(H,36,37);1H. The Morgan fingerprint density at radius 2 is 1.57 bits per heavy atom. The highest BCUT2D eigenvalue weighted by Gasteiger charge is 2.28. The zero-order valence-electron chi connectivity index (χ0n) is 22.8. The molecule has 0 saturated carbocycles. The van der Waals surface area contributed by atoms with Gasteiger partial charge in [0.2, 0.25) is 0 Å². The summed E-state index contributed by atoms with van der Waals surface area (Å²) in [5.41, 5.74) is 10.5. The molecular weight excluding hydrogens is 558 g/mol. The number of pyridine rings is 1. The molecule has 3 aromatic carbocycles. The number of aromatic amines is 1. The van der Waals surface area contributed by atoms with Crippen LogP contribution in [-0.2, 0) is 39.0 Å². The highest BCUT2D eigenvalue weighted by molar-refractivity contribution is 8.93. The van der Waals surface area contributed by atoms with Crippen LogP contribution in [0.25, 0.3) is 11.0 Å². The van der Waals surface area contributed by atoms with Gasteiger partial charge in [-0.2, -0.15) is 0 Å². The van der Waals surface area contributed by atoms with Crippen LogP contribution in [0.4, 0.5) is 0 Å². The maximum atomic E-state index is 4.92. The smallest absolute Gasteiger partial charge is 0.121 e. The molecule has 0 radical (unpaired) electrons. The van der Waals surface area contributed by atoms with E-state index in [2.05, 4.69) is 99.7 Å². The predicted molar refractivity (Wildman–Crippen MR) is 166 cm³/mol. The molecule has 5 aromatic rings. The van der Waals surface area contributed by atoms with Crippen molar-refractivity contribution in [1.82, 2.24) is 24.8 Å². The van der Waals surface area contributed by atoms with E-state index >= 15 is 0 Å². The van der Waals surface area contributed by atoms with Gasteiger partial charge in [-0.15, -0.1) is 17.0 Å². The first kappa shape index (κ1) is 26.9. The quantitative estimate of drug-likeness (QED) is 0.217. The number of imidazole rings is 1. The Labute approximate surface area is 247 Å². The molecule has 1 aliphatic heterocycles.